The Bertz CT molecular complexity index is 656. The molecular formula is C17H22N4OS. The Morgan fingerprint density at radius 1 is 1.48 bits per heavy atom. The largest absolute Gasteiger partial charge is 0.363 e. The zero-order valence-corrected chi connectivity index (χ0v) is 14.3. The van der Waals surface area contributed by atoms with Gasteiger partial charge in [0, 0.05) is 38.3 Å². The van der Waals surface area contributed by atoms with Crippen molar-refractivity contribution in [3.63, 3.8) is 0 Å². The average Bonchev–Trinajstić information content (AvgIpc) is 3.23. The summed E-state index contributed by atoms with van der Waals surface area (Å²) in [7, 11) is 3.92. The Morgan fingerprint density at radius 2 is 2.35 bits per heavy atom. The van der Waals surface area contributed by atoms with E-state index in [-0.39, 0.29) is 12.1 Å². The van der Waals surface area contributed by atoms with Crippen LogP contribution in [0.2, 0.25) is 0 Å². The van der Waals surface area contributed by atoms with Crippen molar-refractivity contribution in [1.29, 1.82) is 0 Å². The number of nitrogens with zero attached hydrogens (tertiary/aromatic N) is 3. The van der Waals surface area contributed by atoms with Gasteiger partial charge in [-0.15, -0.1) is 11.3 Å². The van der Waals surface area contributed by atoms with Crippen LogP contribution < -0.4 is 10.2 Å². The molecule has 1 aliphatic rings. The summed E-state index contributed by atoms with van der Waals surface area (Å²) in [6.07, 6.45) is 3.89. The molecule has 0 aliphatic carbocycles. The molecule has 2 amide bonds. The summed E-state index contributed by atoms with van der Waals surface area (Å²) in [5.41, 5.74) is 1.06. The van der Waals surface area contributed by atoms with Gasteiger partial charge in [-0.05, 0) is 42.0 Å². The van der Waals surface area contributed by atoms with E-state index in [0.29, 0.717) is 6.54 Å². The number of pyridine rings is 1. The summed E-state index contributed by atoms with van der Waals surface area (Å²) in [5.74, 6) is 0.898. The summed E-state index contributed by atoms with van der Waals surface area (Å²) in [6.45, 7) is 1.35. The number of aromatic nitrogens is 1. The van der Waals surface area contributed by atoms with Crippen molar-refractivity contribution in [2.24, 2.45) is 0 Å². The number of nitrogens with one attached hydrogen (secondary N) is 1. The predicted molar refractivity (Wildman–Crippen MR) is 93.8 cm³/mol. The Balaban J connectivity index is 1.62. The molecule has 0 spiro atoms. The van der Waals surface area contributed by atoms with Crippen LogP contribution >= 0.6 is 11.3 Å². The van der Waals surface area contributed by atoms with E-state index in [1.54, 1.807) is 17.5 Å². The molecule has 0 saturated carbocycles. The SMILES string of the molecule is CN(C)c1cc(CNC(=O)N2CCC[C@H]2c2cccs2)ccn1. The van der Waals surface area contributed by atoms with Gasteiger partial charge in [0.05, 0.1) is 6.04 Å². The summed E-state index contributed by atoms with van der Waals surface area (Å²) >= 11 is 1.73. The van der Waals surface area contributed by atoms with Crippen molar-refractivity contribution < 1.29 is 4.79 Å². The molecule has 6 heteroatoms. The Morgan fingerprint density at radius 3 is 3.09 bits per heavy atom. The van der Waals surface area contributed by atoms with Gasteiger partial charge >= 0.3 is 6.03 Å². The fourth-order valence-corrected chi connectivity index (χ4v) is 3.75. The quantitative estimate of drug-likeness (QED) is 0.936. The van der Waals surface area contributed by atoms with Crippen molar-refractivity contribution in [2.45, 2.75) is 25.4 Å². The summed E-state index contributed by atoms with van der Waals surface area (Å²) in [5, 5.41) is 5.12. The topological polar surface area (TPSA) is 48.5 Å². The Kier molecular flexibility index (Phi) is 4.81. The molecule has 0 bridgehead atoms. The molecule has 3 heterocycles. The Hall–Kier alpha value is -2.08. The van der Waals surface area contributed by atoms with Gasteiger partial charge in [-0.2, -0.15) is 0 Å². The molecule has 23 heavy (non-hydrogen) atoms. The van der Waals surface area contributed by atoms with Crippen LogP contribution in [0, 0.1) is 0 Å². The van der Waals surface area contributed by atoms with Gasteiger partial charge in [0.25, 0.3) is 0 Å². The lowest BCUT2D eigenvalue weighted by Gasteiger charge is -2.24. The monoisotopic (exact) mass is 330 g/mol. The number of likely N-dealkylation sites (tertiary alicyclic amines) is 1. The normalized spacial score (nSPS) is 17.3. The third kappa shape index (κ3) is 3.64. The van der Waals surface area contributed by atoms with Crippen LogP contribution in [-0.2, 0) is 6.54 Å². The second kappa shape index (κ2) is 7.00. The highest BCUT2D eigenvalue weighted by Gasteiger charge is 2.30. The highest BCUT2D eigenvalue weighted by Crippen LogP contribution is 2.34. The van der Waals surface area contributed by atoms with E-state index in [0.717, 1.165) is 30.8 Å². The lowest BCUT2D eigenvalue weighted by atomic mass is 10.2. The standard InChI is InChI=1S/C17H22N4OS/c1-20(2)16-11-13(7-8-18-16)12-19-17(22)21-9-3-5-14(21)15-6-4-10-23-15/h4,6-8,10-11,14H,3,5,9,12H2,1-2H3,(H,19,22)/t14-/m0/s1. The van der Waals surface area contributed by atoms with Gasteiger partial charge in [-0.1, -0.05) is 6.07 Å². The van der Waals surface area contributed by atoms with Crippen LogP contribution in [0.1, 0.15) is 29.3 Å². The molecule has 1 saturated heterocycles. The van der Waals surface area contributed by atoms with Crippen molar-refractivity contribution in [3.8, 4) is 0 Å². The first-order chi connectivity index (χ1) is 11.1. The highest BCUT2D eigenvalue weighted by atomic mass is 32.1. The third-order valence-electron chi connectivity index (χ3n) is 4.10. The molecule has 1 N–H and O–H groups in total. The fourth-order valence-electron chi connectivity index (χ4n) is 2.88. The molecule has 0 aromatic carbocycles. The van der Waals surface area contributed by atoms with E-state index in [1.807, 2.05) is 42.1 Å². The van der Waals surface area contributed by atoms with E-state index in [9.17, 15) is 4.79 Å². The first-order valence-electron chi connectivity index (χ1n) is 7.85. The first kappa shape index (κ1) is 15.8. The van der Waals surface area contributed by atoms with Gasteiger partial charge in [0.1, 0.15) is 5.82 Å². The number of hydrogen-bond donors (Lipinski definition) is 1. The highest BCUT2D eigenvalue weighted by molar-refractivity contribution is 7.10. The van der Waals surface area contributed by atoms with Crippen molar-refractivity contribution in [1.82, 2.24) is 15.2 Å². The van der Waals surface area contributed by atoms with Gasteiger partial charge in [-0.25, -0.2) is 9.78 Å². The maximum absolute atomic E-state index is 12.5. The van der Waals surface area contributed by atoms with E-state index < -0.39 is 0 Å². The minimum absolute atomic E-state index is 0.0177. The lowest BCUT2D eigenvalue weighted by molar-refractivity contribution is 0.193. The minimum atomic E-state index is 0.0177. The van der Waals surface area contributed by atoms with Gasteiger partial charge in [0.15, 0.2) is 0 Å². The molecule has 0 unspecified atom stereocenters. The van der Waals surface area contributed by atoms with Crippen molar-refractivity contribution >= 4 is 23.2 Å². The molecule has 2 aromatic heterocycles. The maximum atomic E-state index is 12.5. The number of hydrogen-bond acceptors (Lipinski definition) is 4. The van der Waals surface area contributed by atoms with Crippen LogP contribution in [-0.4, -0.2) is 36.6 Å². The summed E-state index contributed by atoms with van der Waals surface area (Å²) in [6, 6.07) is 8.35. The molecular weight excluding hydrogens is 308 g/mol. The second-order valence-electron chi connectivity index (χ2n) is 5.94. The molecule has 1 atom stereocenters. The van der Waals surface area contributed by atoms with Gasteiger partial charge in [0.2, 0.25) is 0 Å². The van der Waals surface area contributed by atoms with Crippen LogP contribution in [0.25, 0.3) is 0 Å². The number of anilines is 1. The smallest absolute Gasteiger partial charge is 0.318 e. The number of carbonyl (C=O) groups excluding carboxylic acids is 1. The zero-order chi connectivity index (χ0) is 16.2. The van der Waals surface area contributed by atoms with E-state index in [2.05, 4.69) is 21.7 Å². The summed E-state index contributed by atoms with van der Waals surface area (Å²) < 4.78 is 0. The number of carbonyl (C=O) groups is 1. The molecule has 1 fully saturated rings. The first-order valence-corrected chi connectivity index (χ1v) is 8.73. The maximum Gasteiger partial charge on any atom is 0.318 e. The van der Waals surface area contributed by atoms with Crippen LogP contribution in [0.15, 0.2) is 35.8 Å². The molecule has 5 nitrogen and oxygen atoms in total. The Labute approximate surface area is 140 Å². The number of thiophene rings is 1. The molecule has 2 aromatic rings. The van der Waals surface area contributed by atoms with Crippen LogP contribution in [0.5, 0.6) is 0 Å². The van der Waals surface area contributed by atoms with Gasteiger partial charge in [-0.3, -0.25) is 0 Å². The third-order valence-corrected chi connectivity index (χ3v) is 5.07. The zero-order valence-electron chi connectivity index (χ0n) is 13.5. The second-order valence-corrected chi connectivity index (χ2v) is 6.92. The summed E-state index contributed by atoms with van der Waals surface area (Å²) in [4.78, 5) is 22.0. The minimum Gasteiger partial charge on any atom is -0.363 e. The lowest BCUT2D eigenvalue weighted by Crippen LogP contribution is -2.38. The average molecular weight is 330 g/mol. The number of amides is 2. The van der Waals surface area contributed by atoms with Gasteiger partial charge < -0.3 is 15.1 Å². The molecule has 0 radical (unpaired) electrons. The van der Waals surface area contributed by atoms with Crippen molar-refractivity contribution in [3.05, 3.63) is 46.3 Å². The van der Waals surface area contributed by atoms with Crippen molar-refractivity contribution in [2.75, 3.05) is 25.5 Å². The predicted octanol–water partition coefficient (Wildman–Crippen LogP) is 3.26. The van der Waals surface area contributed by atoms with E-state index >= 15 is 0 Å². The van der Waals surface area contributed by atoms with Crippen LogP contribution in [0.3, 0.4) is 0 Å². The fraction of sp³-hybridized carbons (Fsp3) is 0.412. The van der Waals surface area contributed by atoms with E-state index in [4.69, 9.17) is 0 Å². The van der Waals surface area contributed by atoms with Crippen LogP contribution in [0.4, 0.5) is 10.6 Å². The van der Waals surface area contributed by atoms with E-state index in [1.165, 1.54) is 4.88 Å². The number of urea groups is 1. The molecule has 3 rings (SSSR count). The number of rotatable bonds is 4. The molecule has 1 aliphatic heterocycles. The molecule has 122 valence electrons.